The van der Waals surface area contributed by atoms with E-state index in [9.17, 15) is 19.8 Å². The van der Waals surface area contributed by atoms with Crippen molar-refractivity contribution in [3.63, 3.8) is 0 Å². The fourth-order valence-corrected chi connectivity index (χ4v) is 0.572. The van der Waals surface area contributed by atoms with Crippen molar-refractivity contribution >= 4 is 11.6 Å². The molecule has 0 heterocycles. The van der Waals surface area contributed by atoms with Crippen molar-refractivity contribution in [3.8, 4) is 0 Å². The van der Waals surface area contributed by atoms with Crippen LogP contribution in [0.2, 0.25) is 0 Å². The number of carbonyl (C=O) groups is 2. The minimum atomic E-state index is -0.187. The second kappa shape index (κ2) is 17.5. The first-order valence-electron chi connectivity index (χ1n) is 4.15. The zero-order valence-corrected chi connectivity index (χ0v) is 12.2. The van der Waals surface area contributed by atoms with Gasteiger partial charge in [-0.1, -0.05) is 13.8 Å². The summed E-state index contributed by atoms with van der Waals surface area (Å²) in [6.45, 7) is 5.39. The molecular formula is C10H14ClO5V-3. The van der Waals surface area contributed by atoms with Gasteiger partial charge in [0, 0.05) is 0 Å². The van der Waals surface area contributed by atoms with Crippen LogP contribution in [0.1, 0.15) is 27.7 Å². The third-order valence-corrected chi connectivity index (χ3v) is 0.813. The van der Waals surface area contributed by atoms with E-state index in [1.807, 2.05) is 0 Å². The summed E-state index contributed by atoms with van der Waals surface area (Å²) < 4.78 is 8.19. The van der Waals surface area contributed by atoms with Gasteiger partial charge in [-0.2, -0.15) is 0 Å². The molecule has 0 unspecified atom stereocenters. The van der Waals surface area contributed by atoms with Gasteiger partial charge in [-0.25, -0.2) is 0 Å². The zero-order valence-electron chi connectivity index (χ0n) is 10.0. The Hall–Kier alpha value is -0.906. The summed E-state index contributed by atoms with van der Waals surface area (Å²) >= 11 is 1.06. The third-order valence-electron chi connectivity index (χ3n) is 0.813. The summed E-state index contributed by atoms with van der Waals surface area (Å²) in [5.74, 6) is -0.750. The Bertz CT molecular complexity index is 250. The van der Waals surface area contributed by atoms with Crippen molar-refractivity contribution in [1.82, 2.24) is 0 Å². The maximum atomic E-state index is 9.98. The average Bonchev–Trinajstić information content (AvgIpc) is 2.03. The summed E-state index contributed by atoms with van der Waals surface area (Å²) in [5, 5.41) is 20.0. The second-order valence-corrected chi connectivity index (χ2v) is 2.73. The van der Waals surface area contributed by atoms with Crippen molar-refractivity contribution in [3.05, 3.63) is 23.7 Å². The van der Waals surface area contributed by atoms with Crippen molar-refractivity contribution < 1.29 is 53.3 Å². The van der Waals surface area contributed by atoms with Gasteiger partial charge in [0.2, 0.25) is 0 Å². The summed E-state index contributed by atoms with van der Waals surface area (Å²) in [5.41, 5.74) is 0. The predicted molar refractivity (Wildman–Crippen MR) is 49.6 cm³/mol. The van der Waals surface area contributed by atoms with Crippen molar-refractivity contribution in [1.29, 1.82) is 0 Å². The zero-order chi connectivity index (χ0) is 13.7. The van der Waals surface area contributed by atoms with E-state index in [1.54, 1.807) is 0 Å². The van der Waals surface area contributed by atoms with Gasteiger partial charge in [0.25, 0.3) is 0 Å². The average molecular weight is 301 g/mol. The minimum absolute atomic E-state index is 0. The van der Waals surface area contributed by atoms with Crippen molar-refractivity contribution in [2.75, 3.05) is 0 Å². The topological polar surface area (TPSA) is 97.3 Å². The molecule has 0 atom stereocenters. The molecule has 5 nitrogen and oxygen atoms in total. The molecule has 0 aromatic carbocycles. The molecule has 0 saturated heterocycles. The standard InChI is InChI=1S/2C5H8O2.ClH.O.V/c2*1-4(6)3-5(2)7;;;/h2*3,6H,1-2H3;1H;;/p-3/b2*4-3+;;;. The molecule has 0 N–H and O–H groups in total. The normalized spacial score (nSPS) is 9.59. The fraction of sp³-hybridized carbons (Fsp3) is 0.400. The van der Waals surface area contributed by atoms with E-state index >= 15 is 0 Å². The van der Waals surface area contributed by atoms with Gasteiger partial charge in [-0.3, -0.25) is 9.59 Å². The van der Waals surface area contributed by atoms with E-state index in [-0.39, 0.29) is 35.5 Å². The fourth-order valence-electron chi connectivity index (χ4n) is 0.572. The van der Waals surface area contributed by atoms with Crippen LogP contribution in [0.15, 0.2) is 23.7 Å². The Kier molecular flexibility index (Phi) is 25.8. The Balaban J connectivity index is -0.0000000823. The second-order valence-electron chi connectivity index (χ2n) is 2.73. The summed E-state index contributed by atoms with van der Waals surface area (Å²) in [7, 11) is 0. The quantitative estimate of drug-likeness (QED) is 0.390. The Morgan fingerprint density at radius 3 is 1.00 bits per heavy atom. The van der Waals surface area contributed by atoms with Gasteiger partial charge >= 0.3 is 21.0 Å². The molecule has 0 aliphatic heterocycles. The molecule has 7 heteroatoms. The molecule has 99 valence electrons. The van der Waals surface area contributed by atoms with Crippen molar-refractivity contribution in [2.45, 2.75) is 27.7 Å². The Morgan fingerprint density at radius 1 is 0.824 bits per heavy atom. The number of halogens is 1. The molecule has 0 bridgehead atoms. The van der Waals surface area contributed by atoms with Gasteiger partial charge in [-0.15, -0.1) is 11.5 Å². The molecule has 0 radical (unpaired) electrons. The van der Waals surface area contributed by atoms with E-state index in [0.717, 1.165) is 29.5 Å². The van der Waals surface area contributed by atoms with E-state index in [0.29, 0.717) is 0 Å². The third kappa shape index (κ3) is 51.4. The number of rotatable bonds is 2. The van der Waals surface area contributed by atoms with Gasteiger partial charge in [0.15, 0.2) is 11.6 Å². The Labute approximate surface area is 116 Å². The molecule has 0 aromatic heterocycles. The molecule has 0 saturated carbocycles. The molecule has 0 spiro atoms. The molecule has 0 aliphatic rings. The van der Waals surface area contributed by atoms with Crippen LogP contribution in [0, 0.1) is 0 Å². The molecule has 17 heavy (non-hydrogen) atoms. The van der Waals surface area contributed by atoms with Gasteiger partial charge in [0.05, 0.1) is 0 Å². The Morgan fingerprint density at radius 2 is 1.00 bits per heavy atom. The monoisotopic (exact) mass is 300 g/mol. The van der Waals surface area contributed by atoms with Crippen LogP contribution in [0.25, 0.3) is 0 Å². The number of hydrogen-bond acceptors (Lipinski definition) is 5. The van der Waals surface area contributed by atoms with Crippen LogP contribution in [-0.2, 0) is 30.6 Å². The molecule has 0 aliphatic carbocycles. The first-order chi connectivity index (χ1) is 7.25. The van der Waals surface area contributed by atoms with Crippen LogP contribution in [0.5, 0.6) is 0 Å². The SMILES string of the molecule is CC(=O)/C=C(\C)[O-].CC(=O)/C=C(\C)[O-].[Cl-].[O]=[V]. The molecule has 0 rings (SSSR count). The van der Waals surface area contributed by atoms with Crippen LogP contribution in [0.4, 0.5) is 0 Å². The van der Waals surface area contributed by atoms with Crippen molar-refractivity contribution in [2.24, 2.45) is 0 Å². The summed E-state index contributed by atoms with van der Waals surface area (Å²) in [4.78, 5) is 20.0. The number of allylic oxidation sites excluding steroid dienone is 4. The predicted octanol–water partition coefficient (Wildman–Crippen LogP) is -3.44. The van der Waals surface area contributed by atoms with Crippen LogP contribution in [-0.4, -0.2) is 11.6 Å². The summed E-state index contributed by atoms with van der Waals surface area (Å²) in [6.07, 6.45) is 2.11. The van der Waals surface area contributed by atoms with E-state index in [1.165, 1.54) is 27.7 Å². The number of ketones is 2. The first kappa shape index (κ1) is 25.1. The van der Waals surface area contributed by atoms with Crippen LogP contribution < -0.4 is 22.6 Å². The summed E-state index contributed by atoms with van der Waals surface area (Å²) in [6, 6.07) is 0. The maximum absolute atomic E-state index is 9.98. The molecule has 0 aromatic rings. The first-order valence-corrected chi connectivity index (χ1v) is 4.72. The van der Waals surface area contributed by atoms with Gasteiger partial charge in [0.1, 0.15) is 0 Å². The number of hydrogen-bond donors (Lipinski definition) is 0. The van der Waals surface area contributed by atoms with E-state index in [2.05, 4.69) is 0 Å². The molecule has 0 amide bonds. The number of carbonyl (C=O) groups excluding carboxylic acids is 2. The van der Waals surface area contributed by atoms with Gasteiger partial charge < -0.3 is 22.6 Å². The van der Waals surface area contributed by atoms with Gasteiger partial charge in [-0.05, 0) is 26.0 Å². The van der Waals surface area contributed by atoms with E-state index < -0.39 is 0 Å². The van der Waals surface area contributed by atoms with Crippen LogP contribution in [0.3, 0.4) is 0 Å². The molecule has 0 fully saturated rings. The van der Waals surface area contributed by atoms with Crippen LogP contribution >= 0.6 is 0 Å². The molecular weight excluding hydrogens is 287 g/mol. The van der Waals surface area contributed by atoms with E-state index in [4.69, 9.17) is 3.67 Å².